The Labute approximate surface area is 284 Å². The number of pyridine rings is 1. The maximum Gasteiger partial charge on any atom is 0.272 e. The molecule has 0 saturated carbocycles. The van der Waals surface area contributed by atoms with Gasteiger partial charge in [0, 0.05) is 63.2 Å². The number of carbonyl (C=O) groups is 2. The fraction of sp³-hybridized carbons (Fsp3) is 0.444. The van der Waals surface area contributed by atoms with Crippen LogP contribution < -0.4 is 15.8 Å². The minimum atomic E-state index is -0.352. The number of amides is 2. The Kier molecular flexibility index (Phi) is 9.03. The summed E-state index contributed by atoms with van der Waals surface area (Å²) in [5, 5.41) is 4.06. The molecule has 3 N–H and O–H groups in total. The van der Waals surface area contributed by atoms with E-state index in [1.165, 1.54) is 0 Å². The highest BCUT2D eigenvalue weighted by molar-refractivity contribution is 6.00. The molecule has 7 rings (SSSR count). The van der Waals surface area contributed by atoms with Gasteiger partial charge in [-0.25, -0.2) is 15.0 Å². The molecule has 2 amide bonds. The maximum atomic E-state index is 13.7. The van der Waals surface area contributed by atoms with Gasteiger partial charge in [0.05, 0.1) is 41.9 Å². The number of likely N-dealkylation sites (tertiary alicyclic amines) is 1. The second kappa shape index (κ2) is 13.6. The summed E-state index contributed by atoms with van der Waals surface area (Å²) in [5.41, 5.74) is 11.9. The van der Waals surface area contributed by atoms with Crippen molar-refractivity contribution >= 4 is 33.9 Å². The number of aromatic nitrogens is 6. The lowest BCUT2D eigenvalue weighted by Gasteiger charge is -2.36. The van der Waals surface area contributed by atoms with Crippen LogP contribution in [0.3, 0.4) is 0 Å². The average Bonchev–Trinajstić information content (AvgIpc) is 3.64. The molecule has 49 heavy (non-hydrogen) atoms. The van der Waals surface area contributed by atoms with E-state index in [1.54, 1.807) is 37.6 Å². The molecule has 1 fully saturated rings. The summed E-state index contributed by atoms with van der Waals surface area (Å²) >= 11 is 0. The number of fused-ring (bicyclic) bond motifs is 3. The van der Waals surface area contributed by atoms with Crippen LogP contribution in [0.4, 0.5) is 0 Å². The Balaban J connectivity index is 1.27. The van der Waals surface area contributed by atoms with Gasteiger partial charge in [0.25, 0.3) is 11.8 Å². The van der Waals surface area contributed by atoms with Crippen LogP contribution in [0, 0.1) is 0 Å². The van der Waals surface area contributed by atoms with Crippen LogP contribution in [0.15, 0.2) is 42.7 Å². The molecule has 2 bridgehead atoms. The number of ether oxygens (including phenoxy) is 2. The van der Waals surface area contributed by atoms with Crippen molar-refractivity contribution in [2.45, 2.75) is 70.2 Å². The normalized spacial score (nSPS) is 20.6. The number of nitrogens with two attached hydrogens (primary N) is 1. The molecular formula is C36H43N9O4. The predicted molar refractivity (Wildman–Crippen MR) is 185 cm³/mol. The first kappa shape index (κ1) is 32.7. The van der Waals surface area contributed by atoms with E-state index in [2.05, 4.69) is 25.9 Å². The van der Waals surface area contributed by atoms with Crippen molar-refractivity contribution in [3.05, 3.63) is 65.4 Å². The third-order valence-electron chi connectivity index (χ3n) is 9.90. The Hall–Kier alpha value is -4.88. The molecule has 256 valence electrons. The highest BCUT2D eigenvalue weighted by Crippen LogP contribution is 2.35. The van der Waals surface area contributed by atoms with Gasteiger partial charge in [0.15, 0.2) is 5.82 Å². The summed E-state index contributed by atoms with van der Waals surface area (Å²) in [6.45, 7) is 3.66. The Morgan fingerprint density at radius 1 is 1.02 bits per heavy atom. The van der Waals surface area contributed by atoms with Crippen molar-refractivity contribution in [1.29, 1.82) is 0 Å². The number of nitrogens with one attached hydrogen (secondary N) is 1. The number of nitrogens with zero attached hydrogens (tertiary/aromatic N) is 7. The second-order valence-corrected chi connectivity index (χ2v) is 13.1. The number of hydrogen-bond acceptors (Lipinski definition) is 9. The number of piperidine rings is 1. The second-order valence-electron chi connectivity index (χ2n) is 13.1. The molecule has 2 aliphatic heterocycles. The van der Waals surface area contributed by atoms with Crippen molar-refractivity contribution in [3.8, 4) is 17.3 Å². The van der Waals surface area contributed by atoms with E-state index in [0.717, 1.165) is 71.7 Å². The van der Waals surface area contributed by atoms with Gasteiger partial charge in [-0.2, -0.15) is 0 Å². The van der Waals surface area contributed by atoms with Crippen molar-refractivity contribution in [3.63, 3.8) is 0 Å². The summed E-state index contributed by atoms with van der Waals surface area (Å²) in [5.74, 6) is 0.953. The van der Waals surface area contributed by atoms with E-state index in [4.69, 9.17) is 25.2 Å². The SMILES string of the molecule is COc1cc(C(=O)N2CC[C@@H](OC)[C@@H](N)C2)cc2nc(-c3cc4ccc5nc4n3CCCCCCc3nccnc3C(=O)N[C@@H]5C)n(C)c12. The summed E-state index contributed by atoms with van der Waals surface area (Å²) in [6.07, 6.45) is 8.38. The molecule has 13 nitrogen and oxygen atoms in total. The number of aryl methyl sites for hydroxylation is 3. The van der Waals surface area contributed by atoms with Gasteiger partial charge >= 0.3 is 0 Å². The largest absolute Gasteiger partial charge is 0.494 e. The van der Waals surface area contributed by atoms with Gasteiger partial charge in [-0.15, -0.1) is 0 Å². The van der Waals surface area contributed by atoms with Crippen LogP contribution in [0.5, 0.6) is 5.75 Å². The molecule has 13 heteroatoms. The molecule has 0 radical (unpaired) electrons. The van der Waals surface area contributed by atoms with Gasteiger partial charge in [-0.05, 0) is 62.9 Å². The zero-order valence-corrected chi connectivity index (χ0v) is 28.5. The molecule has 6 heterocycles. The lowest BCUT2D eigenvalue weighted by atomic mass is 10.0. The van der Waals surface area contributed by atoms with Crippen LogP contribution >= 0.6 is 0 Å². The van der Waals surface area contributed by atoms with Crippen molar-refractivity contribution < 1.29 is 19.1 Å². The van der Waals surface area contributed by atoms with Crippen molar-refractivity contribution in [2.24, 2.45) is 12.8 Å². The molecule has 2 aliphatic rings. The number of hydrogen-bond donors (Lipinski definition) is 2. The number of carbonyl (C=O) groups excluding carboxylic acids is 2. The van der Waals surface area contributed by atoms with Crippen LogP contribution in [-0.4, -0.2) is 85.2 Å². The van der Waals surface area contributed by atoms with Gasteiger partial charge in [-0.3, -0.25) is 14.6 Å². The van der Waals surface area contributed by atoms with Crippen LogP contribution in [0.25, 0.3) is 33.6 Å². The van der Waals surface area contributed by atoms with Gasteiger partial charge < -0.3 is 34.6 Å². The molecule has 5 aromatic rings. The predicted octanol–water partition coefficient (Wildman–Crippen LogP) is 4.18. The number of benzene rings is 1. The van der Waals surface area contributed by atoms with Crippen molar-refractivity contribution in [1.82, 2.24) is 39.3 Å². The molecule has 1 saturated heterocycles. The van der Waals surface area contributed by atoms with Crippen LogP contribution in [0.2, 0.25) is 0 Å². The number of rotatable bonds is 4. The molecule has 3 atom stereocenters. The zero-order chi connectivity index (χ0) is 34.2. The zero-order valence-electron chi connectivity index (χ0n) is 28.5. The summed E-state index contributed by atoms with van der Waals surface area (Å²) in [6, 6.07) is 9.15. The van der Waals surface area contributed by atoms with Crippen LogP contribution in [0.1, 0.15) is 77.3 Å². The first-order chi connectivity index (χ1) is 23.8. The number of methoxy groups -OCH3 is 2. The minimum absolute atomic E-state index is 0.0632. The molecular weight excluding hydrogens is 622 g/mol. The first-order valence-corrected chi connectivity index (χ1v) is 17.0. The molecule has 0 spiro atoms. The standard InChI is InChI=1S/C36H43N9O4/c1-21-25-11-10-22-18-28(45(33(22)41-25)15-8-6-5-7-9-26-31(35(46)40-21)39-14-13-38-26)34-42-27-17-23(19-30(49-4)32(27)43(34)2)36(47)44-16-12-29(48-3)24(37)20-44/h10-11,13-14,17-19,21,24,29H,5-9,12,15-16,20,37H2,1-4H3,(H,40,46)/t21-,24+,29-/m1/s1. The quantitative estimate of drug-likeness (QED) is 0.288. The van der Waals surface area contributed by atoms with E-state index in [9.17, 15) is 9.59 Å². The summed E-state index contributed by atoms with van der Waals surface area (Å²) < 4.78 is 15.6. The third-order valence-corrected chi connectivity index (χ3v) is 9.90. The lowest BCUT2D eigenvalue weighted by molar-refractivity contribution is 0.0227. The monoisotopic (exact) mass is 665 g/mol. The maximum absolute atomic E-state index is 13.7. The third kappa shape index (κ3) is 6.12. The lowest BCUT2D eigenvalue weighted by Crippen LogP contribution is -2.53. The van der Waals surface area contributed by atoms with Crippen LogP contribution in [-0.2, 0) is 24.8 Å². The van der Waals surface area contributed by atoms with Gasteiger partial charge in [0.2, 0.25) is 0 Å². The van der Waals surface area contributed by atoms with E-state index in [1.807, 2.05) is 36.7 Å². The van der Waals surface area contributed by atoms with Gasteiger partial charge in [-0.1, -0.05) is 12.8 Å². The Morgan fingerprint density at radius 2 is 1.84 bits per heavy atom. The summed E-state index contributed by atoms with van der Waals surface area (Å²) in [7, 11) is 5.24. The van der Waals surface area contributed by atoms with E-state index in [-0.39, 0.29) is 30.0 Å². The highest BCUT2D eigenvalue weighted by atomic mass is 16.5. The first-order valence-electron chi connectivity index (χ1n) is 17.0. The van der Waals surface area contributed by atoms with E-state index >= 15 is 0 Å². The summed E-state index contributed by atoms with van der Waals surface area (Å²) in [4.78, 5) is 47.8. The van der Waals surface area contributed by atoms with Crippen molar-refractivity contribution in [2.75, 3.05) is 27.3 Å². The fourth-order valence-corrected chi connectivity index (χ4v) is 7.23. The Bertz CT molecular complexity index is 2040. The van der Waals surface area contributed by atoms with E-state index < -0.39 is 0 Å². The van der Waals surface area contributed by atoms with E-state index in [0.29, 0.717) is 48.5 Å². The minimum Gasteiger partial charge on any atom is -0.494 e. The molecule has 1 aromatic carbocycles. The van der Waals surface area contributed by atoms with Gasteiger partial charge in [0.1, 0.15) is 22.6 Å². The number of imidazole rings is 1. The Morgan fingerprint density at radius 3 is 2.63 bits per heavy atom. The topological polar surface area (TPSA) is 155 Å². The molecule has 4 aromatic heterocycles. The fourth-order valence-electron chi connectivity index (χ4n) is 7.23. The molecule has 0 unspecified atom stereocenters. The average molecular weight is 666 g/mol. The molecule has 0 aliphatic carbocycles. The smallest absolute Gasteiger partial charge is 0.272 e. The highest BCUT2D eigenvalue weighted by Gasteiger charge is 2.31.